The van der Waals surface area contributed by atoms with Gasteiger partial charge in [0.25, 0.3) is 0 Å². The second kappa shape index (κ2) is 5.76. The molecular formula is C12H17ClN2O3S. The summed E-state index contributed by atoms with van der Waals surface area (Å²) in [7, 11) is -2.06. The Labute approximate surface area is 118 Å². The number of halogens is 1. The topological polar surface area (TPSA) is 72.6 Å². The predicted octanol–water partition coefficient (Wildman–Crippen LogP) is 1.21. The van der Waals surface area contributed by atoms with E-state index in [2.05, 4.69) is 0 Å². The van der Waals surface area contributed by atoms with Gasteiger partial charge in [-0.1, -0.05) is 17.7 Å². The van der Waals surface area contributed by atoms with Crippen LogP contribution in [-0.2, 0) is 21.3 Å². The minimum Gasteiger partial charge on any atom is -0.380 e. The van der Waals surface area contributed by atoms with Gasteiger partial charge in [-0.25, -0.2) is 8.42 Å². The summed E-state index contributed by atoms with van der Waals surface area (Å²) < 4.78 is 31.7. The largest absolute Gasteiger partial charge is 0.380 e. The molecule has 19 heavy (non-hydrogen) atoms. The number of benzene rings is 1. The van der Waals surface area contributed by atoms with Gasteiger partial charge in [-0.2, -0.15) is 4.31 Å². The quantitative estimate of drug-likeness (QED) is 0.907. The number of nitrogens with two attached hydrogens (primary N) is 1. The Bertz CT molecular complexity index is 556. The zero-order valence-electron chi connectivity index (χ0n) is 10.7. The SMILES string of the molecule is CN(C1CCOC1)S(=O)(=O)c1cc(CN)ccc1Cl. The van der Waals surface area contributed by atoms with Crippen LogP contribution >= 0.6 is 11.6 Å². The number of rotatable bonds is 4. The van der Waals surface area contributed by atoms with Gasteiger partial charge in [0.05, 0.1) is 17.7 Å². The van der Waals surface area contributed by atoms with E-state index < -0.39 is 10.0 Å². The van der Waals surface area contributed by atoms with Crippen LogP contribution in [0.4, 0.5) is 0 Å². The van der Waals surface area contributed by atoms with Gasteiger partial charge in [0, 0.05) is 20.2 Å². The zero-order valence-corrected chi connectivity index (χ0v) is 12.2. The number of hydrogen-bond donors (Lipinski definition) is 1. The molecule has 1 saturated heterocycles. The van der Waals surface area contributed by atoms with Crippen LogP contribution in [-0.4, -0.2) is 39.0 Å². The highest BCUT2D eigenvalue weighted by molar-refractivity contribution is 7.89. The first-order valence-electron chi connectivity index (χ1n) is 6.01. The Balaban J connectivity index is 2.38. The Kier molecular flexibility index (Phi) is 4.47. The van der Waals surface area contributed by atoms with Crippen molar-refractivity contribution in [2.45, 2.75) is 23.9 Å². The molecule has 0 radical (unpaired) electrons. The smallest absolute Gasteiger partial charge is 0.244 e. The molecule has 1 aliphatic rings. The summed E-state index contributed by atoms with van der Waals surface area (Å²) in [6, 6.07) is 4.68. The number of likely N-dealkylation sites (N-methyl/N-ethyl adjacent to an activating group) is 1. The second-order valence-electron chi connectivity index (χ2n) is 4.51. The van der Waals surface area contributed by atoms with Crippen LogP contribution in [0.25, 0.3) is 0 Å². The molecule has 0 spiro atoms. The minimum atomic E-state index is -3.62. The highest BCUT2D eigenvalue weighted by atomic mass is 35.5. The molecule has 1 heterocycles. The number of sulfonamides is 1. The van der Waals surface area contributed by atoms with Crippen LogP contribution in [0.1, 0.15) is 12.0 Å². The zero-order chi connectivity index (χ0) is 14.0. The van der Waals surface area contributed by atoms with Crippen molar-refractivity contribution in [3.63, 3.8) is 0 Å². The van der Waals surface area contributed by atoms with E-state index in [9.17, 15) is 8.42 Å². The fourth-order valence-electron chi connectivity index (χ4n) is 2.03. The van der Waals surface area contributed by atoms with Crippen LogP contribution < -0.4 is 5.73 Å². The van der Waals surface area contributed by atoms with Gasteiger partial charge in [0.15, 0.2) is 0 Å². The lowest BCUT2D eigenvalue weighted by Crippen LogP contribution is -2.37. The molecule has 2 N–H and O–H groups in total. The Morgan fingerprint density at radius 3 is 2.84 bits per heavy atom. The van der Waals surface area contributed by atoms with Crippen molar-refractivity contribution in [3.8, 4) is 0 Å². The lowest BCUT2D eigenvalue weighted by Gasteiger charge is -2.23. The maximum Gasteiger partial charge on any atom is 0.244 e. The predicted molar refractivity (Wildman–Crippen MR) is 73.5 cm³/mol. The van der Waals surface area contributed by atoms with E-state index in [0.717, 1.165) is 5.56 Å². The van der Waals surface area contributed by atoms with E-state index >= 15 is 0 Å². The van der Waals surface area contributed by atoms with Crippen LogP contribution in [0.3, 0.4) is 0 Å². The first-order chi connectivity index (χ1) is 8.96. The van der Waals surface area contributed by atoms with Crippen LogP contribution in [0, 0.1) is 0 Å². The van der Waals surface area contributed by atoms with Crippen molar-refractivity contribution >= 4 is 21.6 Å². The molecule has 0 amide bonds. The fraction of sp³-hybridized carbons (Fsp3) is 0.500. The van der Waals surface area contributed by atoms with Crippen molar-refractivity contribution in [2.24, 2.45) is 5.73 Å². The Morgan fingerprint density at radius 2 is 2.26 bits per heavy atom. The summed E-state index contributed by atoms with van der Waals surface area (Å²) in [5.74, 6) is 0. The summed E-state index contributed by atoms with van der Waals surface area (Å²) in [5.41, 5.74) is 6.27. The highest BCUT2D eigenvalue weighted by Gasteiger charge is 2.32. The molecule has 1 atom stereocenters. The van der Waals surface area contributed by atoms with Gasteiger partial charge in [-0.3, -0.25) is 0 Å². The highest BCUT2D eigenvalue weighted by Crippen LogP contribution is 2.27. The van der Waals surface area contributed by atoms with Crippen LogP contribution in [0.5, 0.6) is 0 Å². The summed E-state index contributed by atoms with van der Waals surface area (Å²) >= 11 is 6.01. The molecule has 1 aliphatic heterocycles. The van der Waals surface area contributed by atoms with Crippen LogP contribution in [0.2, 0.25) is 5.02 Å². The first kappa shape index (κ1) is 14.7. The van der Waals surface area contributed by atoms with E-state index in [-0.39, 0.29) is 22.5 Å². The van der Waals surface area contributed by atoms with Gasteiger partial charge in [0.1, 0.15) is 4.90 Å². The lowest BCUT2D eigenvalue weighted by molar-refractivity contribution is 0.181. The van der Waals surface area contributed by atoms with Crippen molar-refractivity contribution < 1.29 is 13.2 Å². The van der Waals surface area contributed by atoms with Gasteiger partial charge < -0.3 is 10.5 Å². The number of hydrogen-bond acceptors (Lipinski definition) is 4. The lowest BCUT2D eigenvalue weighted by atomic mass is 10.2. The van der Waals surface area contributed by atoms with E-state index in [0.29, 0.717) is 19.6 Å². The molecule has 1 aromatic rings. The molecule has 7 heteroatoms. The van der Waals surface area contributed by atoms with E-state index in [1.807, 2.05) is 0 Å². The number of nitrogens with zero attached hydrogens (tertiary/aromatic N) is 1. The molecular weight excluding hydrogens is 288 g/mol. The van der Waals surface area contributed by atoms with Gasteiger partial charge in [0.2, 0.25) is 10.0 Å². The molecule has 1 unspecified atom stereocenters. The average molecular weight is 305 g/mol. The first-order valence-corrected chi connectivity index (χ1v) is 7.83. The van der Waals surface area contributed by atoms with Gasteiger partial charge in [-0.05, 0) is 24.1 Å². The van der Waals surface area contributed by atoms with Crippen molar-refractivity contribution in [3.05, 3.63) is 28.8 Å². The molecule has 0 aliphatic carbocycles. The molecule has 0 saturated carbocycles. The molecule has 1 fully saturated rings. The maximum atomic E-state index is 12.6. The van der Waals surface area contributed by atoms with Crippen molar-refractivity contribution in [1.29, 1.82) is 0 Å². The normalized spacial score (nSPS) is 20.1. The molecule has 1 aromatic carbocycles. The van der Waals surface area contributed by atoms with Crippen molar-refractivity contribution in [2.75, 3.05) is 20.3 Å². The van der Waals surface area contributed by atoms with E-state index in [1.54, 1.807) is 19.2 Å². The summed E-state index contributed by atoms with van der Waals surface area (Å²) in [6.45, 7) is 1.28. The minimum absolute atomic E-state index is 0.103. The molecule has 0 bridgehead atoms. The fourth-order valence-corrected chi connectivity index (χ4v) is 3.93. The summed E-state index contributed by atoms with van der Waals surface area (Å²) in [6.07, 6.45) is 0.698. The summed E-state index contributed by atoms with van der Waals surface area (Å²) in [4.78, 5) is 0.103. The monoisotopic (exact) mass is 304 g/mol. The van der Waals surface area contributed by atoms with Crippen molar-refractivity contribution in [1.82, 2.24) is 4.31 Å². The van der Waals surface area contributed by atoms with E-state index in [1.165, 1.54) is 10.4 Å². The van der Waals surface area contributed by atoms with Gasteiger partial charge >= 0.3 is 0 Å². The molecule has 2 rings (SSSR count). The average Bonchev–Trinajstić information content (AvgIpc) is 2.92. The third-order valence-electron chi connectivity index (χ3n) is 3.31. The molecule has 5 nitrogen and oxygen atoms in total. The molecule has 0 aromatic heterocycles. The molecule has 106 valence electrons. The third kappa shape index (κ3) is 2.93. The summed E-state index contributed by atoms with van der Waals surface area (Å²) in [5, 5.41) is 0.211. The third-order valence-corrected chi connectivity index (χ3v) is 5.70. The van der Waals surface area contributed by atoms with Gasteiger partial charge in [-0.15, -0.1) is 0 Å². The Hall–Kier alpha value is -0.660. The maximum absolute atomic E-state index is 12.6. The van der Waals surface area contributed by atoms with Crippen LogP contribution in [0.15, 0.2) is 23.1 Å². The Morgan fingerprint density at radius 1 is 1.53 bits per heavy atom. The van der Waals surface area contributed by atoms with E-state index in [4.69, 9.17) is 22.1 Å². The second-order valence-corrected chi connectivity index (χ2v) is 6.88. The number of ether oxygens (including phenoxy) is 1. The standard InChI is InChI=1S/C12H17ClN2O3S/c1-15(10-4-5-18-8-10)19(16,17)12-6-9(7-14)2-3-11(12)13/h2-3,6,10H,4-5,7-8,14H2,1H3.